The first kappa shape index (κ1) is 66.8. The van der Waals surface area contributed by atoms with Crippen molar-refractivity contribution >= 4 is 101 Å². The van der Waals surface area contributed by atoms with E-state index in [1.54, 1.807) is 0 Å². The van der Waals surface area contributed by atoms with E-state index >= 15 is 0 Å². The van der Waals surface area contributed by atoms with Crippen LogP contribution in [0, 0.1) is 0 Å². The molecular weight excluding hydrogens is 1290 g/mol. The Morgan fingerprint density at radius 1 is 0.262 bits per heavy atom. The third kappa shape index (κ3) is 10.7. The first-order valence-corrected chi connectivity index (χ1v) is 39.1. The second-order valence-electron chi connectivity index (χ2n) is 36.3. The van der Waals surface area contributed by atoms with Crippen molar-refractivity contribution in [3.8, 4) is 55.9 Å². The highest BCUT2D eigenvalue weighted by atomic mass is 15.2. The molecule has 526 valence electrons. The van der Waals surface area contributed by atoms with E-state index in [0.717, 1.165) is 57.3 Å². The summed E-state index contributed by atoms with van der Waals surface area (Å²) in [5.41, 5.74) is 36.2. The number of anilines is 6. The number of rotatable bonds is 8. The number of para-hydroxylation sites is 2. The third-order valence-corrected chi connectivity index (χ3v) is 25.6. The van der Waals surface area contributed by atoms with Crippen molar-refractivity contribution in [3.05, 3.63) is 306 Å². The summed E-state index contributed by atoms with van der Waals surface area (Å²) in [6.07, 6.45) is 4.70. The lowest BCUT2D eigenvalue weighted by Crippen LogP contribution is -2.61. The summed E-state index contributed by atoms with van der Waals surface area (Å²) < 4.78 is 5.09. The van der Waals surface area contributed by atoms with Crippen molar-refractivity contribution in [1.29, 1.82) is 0 Å². The van der Waals surface area contributed by atoms with Crippen LogP contribution in [0.5, 0.6) is 0 Å². The van der Waals surface area contributed by atoms with E-state index in [2.05, 4.69) is 389 Å². The molecule has 0 saturated heterocycles. The highest BCUT2D eigenvalue weighted by Crippen LogP contribution is 2.53. The van der Waals surface area contributed by atoms with E-state index in [9.17, 15) is 0 Å². The van der Waals surface area contributed by atoms with Gasteiger partial charge in [0.1, 0.15) is 0 Å². The zero-order valence-corrected chi connectivity index (χ0v) is 64.7. The van der Waals surface area contributed by atoms with Gasteiger partial charge in [0.05, 0.1) is 27.8 Å². The topological polar surface area (TPSA) is 16.3 Å². The lowest BCUT2D eigenvalue weighted by atomic mass is 9.33. The molecule has 0 fully saturated rings. The van der Waals surface area contributed by atoms with Gasteiger partial charge in [0.15, 0.2) is 0 Å². The molecule has 4 heterocycles. The van der Waals surface area contributed by atoms with Crippen LogP contribution < -0.4 is 26.2 Å². The molecule has 13 aromatic carbocycles. The fourth-order valence-corrected chi connectivity index (χ4v) is 19.1. The summed E-state index contributed by atoms with van der Waals surface area (Å²) in [5, 5.41) is 4.96. The van der Waals surface area contributed by atoms with Crippen molar-refractivity contribution in [2.24, 2.45) is 0 Å². The molecule has 0 spiro atoms. The maximum absolute atomic E-state index is 2.64. The Labute approximate surface area is 633 Å². The largest absolute Gasteiger partial charge is 0.311 e. The summed E-state index contributed by atoms with van der Waals surface area (Å²) in [6.45, 7) is 33.3. The number of aromatic nitrogens is 2. The zero-order valence-electron chi connectivity index (χ0n) is 64.7. The molecule has 4 aliphatic rings. The van der Waals surface area contributed by atoms with Gasteiger partial charge in [-0.15, -0.1) is 0 Å². The minimum absolute atomic E-state index is 0.0220. The molecule has 0 unspecified atom stereocenters. The van der Waals surface area contributed by atoms with Crippen LogP contribution in [-0.2, 0) is 32.5 Å². The van der Waals surface area contributed by atoms with Crippen LogP contribution >= 0.6 is 0 Å². The third-order valence-electron chi connectivity index (χ3n) is 25.6. The first-order valence-electron chi connectivity index (χ1n) is 39.1. The predicted octanol–water partition coefficient (Wildman–Crippen LogP) is 25.9. The van der Waals surface area contributed by atoms with Gasteiger partial charge in [-0.05, 0) is 243 Å². The molecule has 0 atom stereocenters. The molecule has 5 heteroatoms. The zero-order chi connectivity index (χ0) is 73.6. The molecule has 2 aliphatic carbocycles. The summed E-state index contributed by atoms with van der Waals surface area (Å²) >= 11 is 0. The molecule has 0 saturated carbocycles. The van der Waals surface area contributed by atoms with Gasteiger partial charge in [-0.1, -0.05) is 279 Å². The Kier molecular flexibility index (Phi) is 14.9. The first-order chi connectivity index (χ1) is 51.3. The number of hydrogen-bond acceptors (Lipinski definition) is 2. The maximum Gasteiger partial charge on any atom is 0.252 e. The number of hydrogen-bond donors (Lipinski definition) is 0. The highest BCUT2D eigenvalue weighted by Gasteiger charge is 2.45. The van der Waals surface area contributed by atoms with Crippen molar-refractivity contribution in [2.75, 3.05) is 9.80 Å². The lowest BCUT2D eigenvalue weighted by molar-refractivity contribution is 0.332. The van der Waals surface area contributed by atoms with E-state index in [1.807, 2.05) is 0 Å². The van der Waals surface area contributed by atoms with Gasteiger partial charge in [0, 0.05) is 61.4 Å². The number of benzene rings is 13. The molecule has 0 radical (unpaired) electrons. The van der Waals surface area contributed by atoms with Crippen molar-refractivity contribution in [3.63, 3.8) is 0 Å². The van der Waals surface area contributed by atoms with Crippen LogP contribution in [0.4, 0.5) is 34.1 Å². The standard InChI is InChI=1S/C102H95BN4/c1-97(2,3)72-26-22-25-67(55-72)71-37-47-86-92(59-71)104(74-40-31-65(32-41-74)69-35-45-82-84(57-69)101(11,12)53-51-99(82,7)8)94-62-77(107-89-30-21-18-27-78(89)80-56-68(38-49-90(80)107)64-23-16-15-17-24-64)63-95-96(94)103(86)87-48-44-76(106-88-29-20-19-28-79(88)81-60-73(98(4,5)6)39-50-91(81)106)61-93(87)105(95)75-42-33-66(34-43-75)70-36-46-83-85(58-70)102(13,14)54-52-100(83,9)10/h15-50,55-63H,51-54H2,1-14H3. The van der Waals surface area contributed by atoms with Crippen LogP contribution in [0.25, 0.3) is 99.5 Å². The van der Waals surface area contributed by atoms with Crippen LogP contribution in [-0.4, -0.2) is 15.8 Å². The lowest BCUT2D eigenvalue weighted by Gasteiger charge is -2.44. The van der Waals surface area contributed by atoms with Crippen molar-refractivity contribution < 1.29 is 0 Å². The molecule has 0 amide bonds. The Bertz CT molecular complexity index is 6160. The number of nitrogens with zero attached hydrogens (tertiary/aromatic N) is 4. The van der Waals surface area contributed by atoms with Gasteiger partial charge in [-0.25, -0.2) is 0 Å². The predicted molar refractivity (Wildman–Crippen MR) is 459 cm³/mol. The Balaban J connectivity index is 0.896. The van der Waals surface area contributed by atoms with E-state index in [0.29, 0.717) is 0 Å². The molecule has 107 heavy (non-hydrogen) atoms. The van der Waals surface area contributed by atoms with Crippen LogP contribution in [0.15, 0.2) is 273 Å². The Morgan fingerprint density at radius 3 is 1.19 bits per heavy atom. The Morgan fingerprint density at radius 2 is 0.636 bits per heavy atom. The van der Waals surface area contributed by atoms with Gasteiger partial charge in [0.2, 0.25) is 0 Å². The SMILES string of the molecule is CC(C)(C)c1cccc(-c2ccc3c(c2)N(c2ccc(-c4ccc5c(c4)C(C)(C)CCC5(C)C)cc2)c2cc(-n4c5ccccc5c5cc(-c6ccccc6)ccc54)cc4c2B3c2ccc(-n3c5ccccc5c5cc(C(C)(C)C)ccc53)cc2N4c2ccc(-c3ccc4c(c3)C(C)(C)CCC4(C)C)cc2)c1. The normalized spacial score (nSPS) is 16.0. The quantitative estimate of drug-likeness (QED) is 0.141. The molecule has 2 aromatic heterocycles. The van der Waals surface area contributed by atoms with Crippen molar-refractivity contribution in [2.45, 2.75) is 155 Å². The van der Waals surface area contributed by atoms with Gasteiger partial charge in [-0.2, -0.15) is 0 Å². The molecular formula is C102H95BN4. The van der Waals surface area contributed by atoms with Crippen LogP contribution in [0.2, 0.25) is 0 Å². The Hall–Kier alpha value is -10.9. The molecule has 4 nitrogen and oxygen atoms in total. The fraction of sp³-hybridized carbons (Fsp3) is 0.235. The van der Waals surface area contributed by atoms with Gasteiger partial charge < -0.3 is 18.9 Å². The average Bonchev–Trinajstić information content (AvgIpc) is 1.29. The minimum Gasteiger partial charge on any atom is -0.311 e. The van der Waals surface area contributed by atoms with Crippen LogP contribution in [0.1, 0.15) is 156 Å². The van der Waals surface area contributed by atoms with E-state index in [1.165, 1.54) is 152 Å². The summed E-state index contributed by atoms with van der Waals surface area (Å²) in [5.74, 6) is 0. The van der Waals surface area contributed by atoms with Crippen molar-refractivity contribution in [1.82, 2.24) is 9.13 Å². The second-order valence-corrected chi connectivity index (χ2v) is 36.3. The highest BCUT2D eigenvalue weighted by molar-refractivity contribution is 7.00. The van der Waals surface area contributed by atoms with E-state index < -0.39 is 0 Å². The van der Waals surface area contributed by atoms with Crippen LogP contribution in [0.3, 0.4) is 0 Å². The van der Waals surface area contributed by atoms with Gasteiger partial charge in [0.25, 0.3) is 6.71 Å². The summed E-state index contributed by atoms with van der Waals surface area (Å²) in [4.78, 5) is 5.28. The summed E-state index contributed by atoms with van der Waals surface area (Å²) in [7, 11) is 0. The smallest absolute Gasteiger partial charge is 0.252 e. The molecule has 2 aliphatic heterocycles. The molecule has 0 N–H and O–H groups in total. The van der Waals surface area contributed by atoms with Gasteiger partial charge in [-0.3, -0.25) is 0 Å². The average molecular weight is 1390 g/mol. The van der Waals surface area contributed by atoms with E-state index in [4.69, 9.17) is 0 Å². The molecule has 15 aromatic rings. The molecule has 19 rings (SSSR count). The van der Waals surface area contributed by atoms with Gasteiger partial charge >= 0.3 is 0 Å². The maximum atomic E-state index is 2.64. The number of fused-ring (bicyclic) bond motifs is 12. The molecule has 0 bridgehead atoms. The summed E-state index contributed by atoms with van der Waals surface area (Å²) in [6, 6.07) is 106. The van der Waals surface area contributed by atoms with E-state index in [-0.39, 0.29) is 39.2 Å². The monoisotopic (exact) mass is 1390 g/mol. The fourth-order valence-electron chi connectivity index (χ4n) is 19.1. The second kappa shape index (κ2) is 23.8. The minimum atomic E-state index is -0.167.